The van der Waals surface area contributed by atoms with Gasteiger partial charge >= 0.3 is 0 Å². The first kappa shape index (κ1) is 39.5. The standard InChI is InChI=1S/C43H64O3/c1-32(21-23-38-36(5)19-13-27-41(38,7)8)15-11-17-34(3)25-29-43(46,40(45)31-44)30-26-35(4)18-12-16-33(2)22-24-39-37(6)20-14-28-42(39,9)10/h11-12,15-18,21-26,40,44-46H,13-14,19-20,27-31H2,1-10H3. The summed E-state index contributed by atoms with van der Waals surface area (Å²) in [7, 11) is 0. The van der Waals surface area contributed by atoms with E-state index in [-0.39, 0.29) is 23.7 Å². The van der Waals surface area contributed by atoms with Crippen LogP contribution in [0.3, 0.4) is 0 Å². The predicted octanol–water partition coefficient (Wildman–Crippen LogP) is 10.9. The minimum Gasteiger partial charge on any atom is -0.394 e. The molecular formula is C43H64O3. The third-order valence-corrected chi connectivity index (χ3v) is 9.90. The second kappa shape index (κ2) is 18.0. The number of aliphatic hydroxyl groups is 3. The maximum atomic E-state index is 11.3. The fraction of sp³-hybridized carbons (Fsp3) is 0.535. The van der Waals surface area contributed by atoms with Gasteiger partial charge in [-0.1, -0.05) is 134 Å². The van der Waals surface area contributed by atoms with Gasteiger partial charge in [0.15, 0.2) is 0 Å². The maximum Gasteiger partial charge on any atom is 0.106 e. The minimum atomic E-state index is -1.46. The molecule has 0 amide bonds. The molecule has 0 aromatic carbocycles. The Bertz CT molecular complexity index is 1250. The quantitative estimate of drug-likeness (QED) is 0.168. The predicted molar refractivity (Wildman–Crippen MR) is 200 cm³/mol. The molecule has 1 unspecified atom stereocenters. The Kier molecular flexibility index (Phi) is 15.4. The fourth-order valence-electron chi connectivity index (χ4n) is 6.60. The molecule has 0 spiro atoms. The van der Waals surface area contributed by atoms with Crippen molar-refractivity contribution in [2.45, 2.75) is 132 Å². The summed E-state index contributed by atoms with van der Waals surface area (Å²) >= 11 is 0. The largest absolute Gasteiger partial charge is 0.394 e. The summed E-state index contributed by atoms with van der Waals surface area (Å²) in [4.78, 5) is 0. The van der Waals surface area contributed by atoms with Gasteiger partial charge in [0.25, 0.3) is 0 Å². The zero-order valence-corrected chi connectivity index (χ0v) is 30.7. The SMILES string of the molecule is CC(C=CC1=C(C)CCCC1(C)C)=CC=CC(C)=CCC(O)(CC=C(C)C=CC=C(C)C=CC1=C(C)CCCC1(C)C)C(O)CO. The van der Waals surface area contributed by atoms with Crippen molar-refractivity contribution in [2.24, 2.45) is 10.8 Å². The van der Waals surface area contributed by atoms with Crippen LogP contribution < -0.4 is 0 Å². The van der Waals surface area contributed by atoms with E-state index in [1.165, 1.54) is 72.0 Å². The molecule has 0 saturated carbocycles. The Balaban J connectivity index is 2.03. The fourth-order valence-corrected chi connectivity index (χ4v) is 6.60. The first-order valence-electron chi connectivity index (χ1n) is 17.3. The summed E-state index contributed by atoms with van der Waals surface area (Å²) in [5.74, 6) is 0. The lowest BCUT2D eigenvalue weighted by Gasteiger charge is -2.33. The van der Waals surface area contributed by atoms with Crippen molar-refractivity contribution in [3.05, 3.63) is 117 Å². The van der Waals surface area contributed by atoms with Crippen LogP contribution in [0.2, 0.25) is 0 Å². The molecule has 0 bridgehead atoms. The van der Waals surface area contributed by atoms with Crippen molar-refractivity contribution in [3.63, 3.8) is 0 Å². The number of rotatable bonds is 14. The van der Waals surface area contributed by atoms with Gasteiger partial charge in [-0.05, 0) is 115 Å². The highest BCUT2D eigenvalue weighted by Crippen LogP contribution is 2.41. The van der Waals surface area contributed by atoms with E-state index in [4.69, 9.17) is 0 Å². The van der Waals surface area contributed by atoms with Crippen LogP contribution in [0, 0.1) is 10.8 Å². The molecule has 3 nitrogen and oxygen atoms in total. The van der Waals surface area contributed by atoms with Crippen LogP contribution in [-0.4, -0.2) is 33.6 Å². The third-order valence-electron chi connectivity index (χ3n) is 9.90. The average Bonchev–Trinajstić information content (AvgIpc) is 2.97. The van der Waals surface area contributed by atoms with Gasteiger partial charge in [0.2, 0.25) is 0 Å². The monoisotopic (exact) mass is 628 g/mol. The highest BCUT2D eigenvalue weighted by atomic mass is 16.4. The topological polar surface area (TPSA) is 60.7 Å². The number of aliphatic hydroxyl groups excluding tert-OH is 2. The highest BCUT2D eigenvalue weighted by molar-refractivity contribution is 5.38. The summed E-state index contributed by atoms with van der Waals surface area (Å²) in [6, 6.07) is 0. The van der Waals surface area contributed by atoms with Crippen LogP contribution in [0.5, 0.6) is 0 Å². The molecule has 1 atom stereocenters. The normalized spacial score (nSPS) is 22.6. The summed E-state index contributed by atoms with van der Waals surface area (Å²) in [5, 5.41) is 31.5. The number of allylic oxidation sites excluding steroid dienone is 18. The van der Waals surface area contributed by atoms with Gasteiger partial charge < -0.3 is 15.3 Å². The van der Waals surface area contributed by atoms with E-state index >= 15 is 0 Å². The molecule has 254 valence electrons. The van der Waals surface area contributed by atoms with Crippen molar-refractivity contribution in [1.82, 2.24) is 0 Å². The van der Waals surface area contributed by atoms with Crippen molar-refractivity contribution in [1.29, 1.82) is 0 Å². The average molecular weight is 629 g/mol. The molecule has 2 aliphatic rings. The van der Waals surface area contributed by atoms with Gasteiger partial charge in [-0.25, -0.2) is 0 Å². The van der Waals surface area contributed by atoms with Crippen LogP contribution >= 0.6 is 0 Å². The first-order chi connectivity index (χ1) is 21.5. The lowest BCUT2D eigenvalue weighted by atomic mass is 9.72. The van der Waals surface area contributed by atoms with E-state index in [0.29, 0.717) is 0 Å². The second-order valence-electron chi connectivity index (χ2n) is 15.2. The van der Waals surface area contributed by atoms with E-state index < -0.39 is 18.3 Å². The summed E-state index contributed by atoms with van der Waals surface area (Å²) in [6.45, 7) is 21.5. The number of hydrogen-bond donors (Lipinski definition) is 3. The Hall–Kier alpha value is -2.72. The molecular weight excluding hydrogens is 564 g/mol. The van der Waals surface area contributed by atoms with Crippen LogP contribution in [0.15, 0.2) is 117 Å². The van der Waals surface area contributed by atoms with Crippen LogP contribution in [0.4, 0.5) is 0 Å². The van der Waals surface area contributed by atoms with Gasteiger partial charge in [0, 0.05) is 0 Å². The molecule has 0 saturated heterocycles. The zero-order chi connectivity index (χ0) is 34.5. The van der Waals surface area contributed by atoms with Crippen molar-refractivity contribution < 1.29 is 15.3 Å². The van der Waals surface area contributed by atoms with Gasteiger partial charge in [0.05, 0.1) is 12.2 Å². The molecule has 0 heterocycles. The third kappa shape index (κ3) is 12.5. The van der Waals surface area contributed by atoms with E-state index in [1.54, 1.807) is 0 Å². The molecule has 0 aromatic rings. The lowest BCUT2D eigenvalue weighted by molar-refractivity contribution is -0.0908. The Morgan fingerprint density at radius 3 is 1.43 bits per heavy atom. The molecule has 0 fully saturated rings. The first-order valence-corrected chi connectivity index (χ1v) is 17.3. The smallest absolute Gasteiger partial charge is 0.106 e. The summed E-state index contributed by atoms with van der Waals surface area (Å²) in [6.07, 6.45) is 31.6. The molecule has 3 N–H and O–H groups in total. The molecule has 2 aliphatic carbocycles. The van der Waals surface area contributed by atoms with Crippen LogP contribution in [0.25, 0.3) is 0 Å². The summed E-state index contributed by atoms with van der Waals surface area (Å²) < 4.78 is 0. The van der Waals surface area contributed by atoms with Gasteiger partial charge in [-0.15, -0.1) is 0 Å². The van der Waals surface area contributed by atoms with Gasteiger partial charge in [-0.3, -0.25) is 0 Å². The zero-order valence-electron chi connectivity index (χ0n) is 30.7. The molecule has 0 radical (unpaired) electrons. The number of hydrogen-bond acceptors (Lipinski definition) is 3. The maximum absolute atomic E-state index is 11.3. The summed E-state index contributed by atoms with van der Waals surface area (Å²) in [5.41, 5.74) is 9.22. The second-order valence-corrected chi connectivity index (χ2v) is 15.2. The molecule has 0 aromatic heterocycles. The van der Waals surface area contributed by atoms with Crippen molar-refractivity contribution in [3.8, 4) is 0 Å². The lowest BCUT2D eigenvalue weighted by Crippen LogP contribution is -2.43. The van der Waals surface area contributed by atoms with Crippen LogP contribution in [0.1, 0.15) is 121 Å². The van der Waals surface area contributed by atoms with Gasteiger partial charge in [-0.2, -0.15) is 0 Å². The Morgan fingerprint density at radius 1 is 0.696 bits per heavy atom. The Morgan fingerprint density at radius 2 is 1.09 bits per heavy atom. The van der Waals surface area contributed by atoms with Gasteiger partial charge in [0.1, 0.15) is 6.10 Å². The molecule has 2 rings (SSSR count). The molecule has 46 heavy (non-hydrogen) atoms. The van der Waals surface area contributed by atoms with Crippen molar-refractivity contribution >= 4 is 0 Å². The van der Waals surface area contributed by atoms with E-state index in [1.807, 2.05) is 50.3 Å². The Labute approximate surface area is 282 Å². The van der Waals surface area contributed by atoms with E-state index in [9.17, 15) is 15.3 Å². The minimum absolute atomic E-state index is 0.227. The van der Waals surface area contributed by atoms with Crippen molar-refractivity contribution in [2.75, 3.05) is 6.61 Å². The van der Waals surface area contributed by atoms with Crippen LogP contribution in [-0.2, 0) is 0 Å². The van der Waals surface area contributed by atoms with E-state index in [0.717, 1.165) is 11.1 Å². The highest BCUT2D eigenvalue weighted by Gasteiger charge is 2.33. The molecule has 3 heteroatoms. The van der Waals surface area contributed by atoms with E-state index in [2.05, 4.69) is 91.8 Å². The molecule has 0 aliphatic heterocycles.